The summed E-state index contributed by atoms with van der Waals surface area (Å²) in [6, 6.07) is 12.2. The van der Waals surface area contributed by atoms with E-state index in [1.165, 1.54) is 14.2 Å². The molecular weight excluding hydrogens is 648 g/mol. The molecule has 0 saturated carbocycles. The minimum Gasteiger partial charge on any atom is -0.493 e. The number of hydrogen-bond acceptors (Lipinski definition) is 6. The molecule has 240 valence electrons. The Morgan fingerprint density at radius 2 is 1.65 bits per heavy atom. The van der Waals surface area contributed by atoms with Crippen LogP contribution in [0.1, 0.15) is 21.5 Å². The van der Waals surface area contributed by atoms with Crippen LogP contribution in [0.4, 0.5) is 18.9 Å². The standard InChI is InChI=1S/C33H27Cl2F3N2O6/c1-44-26-9-6-17(12-27(26)45-2)16-40-10-11-46-31-18(7-8-20(30(31)40)28-21(34)14-19(36)15-22(28)35)13-25(33(42)43)39-32(41)29-23(37)4-3-5-24(29)38/h3-9,12,14-15,25H,10-11,13,16H2,1-2H3,(H,39,41)(H,42,43). The molecule has 1 atom stereocenters. The van der Waals surface area contributed by atoms with Crippen LogP contribution >= 0.6 is 23.2 Å². The lowest BCUT2D eigenvalue weighted by Crippen LogP contribution is -2.43. The maximum absolute atomic E-state index is 14.3. The van der Waals surface area contributed by atoms with E-state index in [9.17, 15) is 27.9 Å². The Hall–Kier alpha value is -4.61. The fraction of sp³-hybridized carbons (Fsp3) is 0.212. The number of halogens is 5. The van der Waals surface area contributed by atoms with Gasteiger partial charge in [-0.25, -0.2) is 18.0 Å². The number of aliphatic carboxylic acids is 1. The van der Waals surface area contributed by atoms with E-state index in [0.717, 1.165) is 35.9 Å². The Morgan fingerprint density at radius 3 is 2.28 bits per heavy atom. The number of methoxy groups -OCH3 is 2. The molecule has 4 aromatic carbocycles. The fourth-order valence-electron chi connectivity index (χ4n) is 5.34. The molecule has 0 aliphatic carbocycles. The van der Waals surface area contributed by atoms with Gasteiger partial charge in [-0.15, -0.1) is 0 Å². The number of nitrogens with one attached hydrogen (secondary N) is 1. The van der Waals surface area contributed by atoms with Crippen LogP contribution < -0.4 is 24.4 Å². The molecule has 0 aromatic heterocycles. The summed E-state index contributed by atoms with van der Waals surface area (Å²) >= 11 is 13.0. The first-order valence-corrected chi connectivity index (χ1v) is 14.6. The smallest absolute Gasteiger partial charge is 0.326 e. The van der Waals surface area contributed by atoms with Crippen molar-refractivity contribution in [3.63, 3.8) is 0 Å². The number of carbonyl (C=O) groups is 2. The highest BCUT2D eigenvalue weighted by atomic mass is 35.5. The predicted octanol–water partition coefficient (Wildman–Crippen LogP) is 6.92. The van der Waals surface area contributed by atoms with E-state index in [1.54, 1.807) is 18.2 Å². The molecule has 1 amide bonds. The van der Waals surface area contributed by atoms with E-state index in [2.05, 4.69) is 5.32 Å². The first-order valence-electron chi connectivity index (χ1n) is 13.9. The van der Waals surface area contributed by atoms with Gasteiger partial charge < -0.3 is 29.5 Å². The number of ether oxygens (including phenoxy) is 3. The van der Waals surface area contributed by atoms with E-state index in [1.807, 2.05) is 17.0 Å². The van der Waals surface area contributed by atoms with Crippen molar-refractivity contribution in [3.8, 4) is 28.4 Å². The summed E-state index contributed by atoms with van der Waals surface area (Å²) in [6.07, 6.45) is -0.311. The number of benzene rings is 4. The number of carboxylic acid groups (broad SMARTS) is 1. The third kappa shape index (κ3) is 6.66. The van der Waals surface area contributed by atoms with Crippen molar-refractivity contribution in [2.24, 2.45) is 0 Å². The fourth-order valence-corrected chi connectivity index (χ4v) is 6.01. The second-order valence-electron chi connectivity index (χ2n) is 10.3. The minimum atomic E-state index is -1.59. The molecule has 0 radical (unpaired) electrons. The van der Waals surface area contributed by atoms with Gasteiger partial charge in [0.15, 0.2) is 11.5 Å². The lowest BCUT2D eigenvalue weighted by Gasteiger charge is -2.35. The third-order valence-electron chi connectivity index (χ3n) is 7.45. The number of carboxylic acids is 1. The molecule has 1 aliphatic rings. The van der Waals surface area contributed by atoms with Crippen molar-refractivity contribution in [2.45, 2.75) is 19.0 Å². The van der Waals surface area contributed by atoms with Gasteiger partial charge in [-0.1, -0.05) is 47.5 Å². The second-order valence-corrected chi connectivity index (χ2v) is 11.1. The molecule has 4 aromatic rings. The zero-order chi connectivity index (χ0) is 33.1. The highest BCUT2D eigenvalue weighted by Crippen LogP contribution is 2.48. The molecule has 1 heterocycles. The number of nitrogens with zero attached hydrogens (tertiary/aromatic N) is 1. The van der Waals surface area contributed by atoms with E-state index in [4.69, 9.17) is 37.4 Å². The highest BCUT2D eigenvalue weighted by Gasteiger charge is 2.31. The van der Waals surface area contributed by atoms with Crippen LogP contribution in [-0.2, 0) is 17.8 Å². The van der Waals surface area contributed by atoms with Crippen LogP contribution in [0, 0.1) is 17.5 Å². The lowest BCUT2D eigenvalue weighted by atomic mass is 9.95. The Bertz CT molecular complexity index is 1780. The van der Waals surface area contributed by atoms with Crippen LogP contribution in [0.15, 0.2) is 60.7 Å². The average Bonchev–Trinajstić information content (AvgIpc) is 3.01. The minimum absolute atomic E-state index is 0.0409. The zero-order valence-electron chi connectivity index (χ0n) is 24.5. The van der Waals surface area contributed by atoms with Crippen LogP contribution in [0.25, 0.3) is 11.1 Å². The average molecular weight is 675 g/mol. The van der Waals surface area contributed by atoms with Gasteiger partial charge in [0.1, 0.15) is 41.4 Å². The lowest BCUT2D eigenvalue weighted by molar-refractivity contribution is -0.139. The van der Waals surface area contributed by atoms with Gasteiger partial charge in [0, 0.05) is 24.1 Å². The van der Waals surface area contributed by atoms with Crippen LogP contribution in [-0.4, -0.2) is 50.4 Å². The summed E-state index contributed by atoms with van der Waals surface area (Å²) in [5, 5.41) is 12.3. The Labute approximate surface area is 272 Å². The highest BCUT2D eigenvalue weighted by molar-refractivity contribution is 6.39. The molecule has 46 heavy (non-hydrogen) atoms. The van der Waals surface area contributed by atoms with Crippen molar-refractivity contribution in [1.82, 2.24) is 5.32 Å². The van der Waals surface area contributed by atoms with E-state index in [-0.39, 0.29) is 28.8 Å². The quantitative estimate of drug-likeness (QED) is 0.189. The normalized spacial score (nSPS) is 13.0. The Morgan fingerprint density at radius 1 is 0.978 bits per heavy atom. The van der Waals surface area contributed by atoms with E-state index in [0.29, 0.717) is 47.0 Å². The molecule has 0 saturated heterocycles. The number of hydrogen-bond donors (Lipinski definition) is 2. The van der Waals surface area contributed by atoms with Gasteiger partial charge in [-0.2, -0.15) is 0 Å². The number of anilines is 1. The first kappa shape index (κ1) is 32.8. The maximum atomic E-state index is 14.3. The summed E-state index contributed by atoms with van der Waals surface area (Å²) < 4.78 is 59.6. The number of rotatable bonds is 10. The summed E-state index contributed by atoms with van der Waals surface area (Å²) in [5.74, 6) is -4.24. The summed E-state index contributed by atoms with van der Waals surface area (Å²) in [6.45, 7) is 0.918. The SMILES string of the molecule is COc1ccc(CN2CCOc3c(CC(NC(=O)c4c(F)cccc4F)C(=O)O)ccc(-c4c(Cl)cc(F)cc4Cl)c32)cc1OC. The van der Waals surface area contributed by atoms with E-state index >= 15 is 0 Å². The van der Waals surface area contributed by atoms with Crippen molar-refractivity contribution in [3.05, 3.63) is 105 Å². The first-order chi connectivity index (χ1) is 22.0. The molecular formula is C33H27Cl2F3N2O6. The van der Waals surface area contributed by atoms with Crippen LogP contribution in [0.3, 0.4) is 0 Å². The van der Waals surface area contributed by atoms with Gasteiger partial charge in [0.2, 0.25) is 0 Å². The zero-order valence-corrected chi connectivity index (χ0v) is 26.0. The Balaban J connectivity index is 1.59. The number of carbonyl (C=O) groups excluding carboxylic acids is 1. The molecule has 2 N–H and O–H groups in total. The summed E-state index contributed by atoms with van der Waals surface area (Å²) in [5.41, 5.74) is 1.60. The molecule has 5 rings (SSSR count). The molecule has 8 nitrogen and oxygen atoms in total. The van der Waals surface area contributed by atoms with Gasteiger partial charge >= 0.3 is 5.97 Å². The second kappa shape index (κ2) is 13.8. The molecule has 0 fully saturated rings. The molecule has 1 unspecified atom stereocenters. The summed E-state index contributed by atoms with van der Waals surface area (Å²) in [7, 11) is 3.05. The van der Waals surface area contributed by atoms with Gasteiger partial charge in [0.25, 0.3) is 5.91 Å². The van der Waals surface area contributed by atoms with Gasteiger partial charge in [-0.05, 0) is 47.5 Å². The van der Waals surface area contributed by atoms with Crippen molar-refractivity contribution >= 4 is 40.8 Å². The van der Waals surface area contributed by atoms with Gasteiger partial charge in [0.05, 0.1) is 36.5 Å². The summed E-state index contributed by atoms with van der Waals surface area (Å²) in [4.78, 5) is 27.1. The molecule has 0 spiro atoms. The topological polar surface area (TPSA) is 97.3 Å². The van der Waals surface area contributed by atoms with Crippen molar-refractivity contribution in [1.29, 1.82) is 0 Å². The van der Waals surface area contributed by atoms with Crippen molar-refractivity contribution in [2.75, 3.05) is 32.3 Å². The molecule has 13 heteroatoms. The number of fused-ring (bicyclic) bond motifs is 1. The Kier molecular flexibility index (Phi) is 9.83. The predicted molar refractivity (Wildman–Crippen MR) is 167 cm³/mol. The van der Waals surface area contributed by atoms with E-state index < -0.39 is 40.9 Å². The van der Waals surface area contributed by atoms with Crippen LogP contribution in [0.2, 0.25) is 10.0 Å². The number of amides is 1. The largest absolute Gasteiger partial charge is 0.493 e. The molecule has 1 aliphatic heterocycles. The monoisotopic (exact) mass is 674 g/mol. The van der Waals surface area contributed by atoms with Crippen molar-refractivity contribution < 1.29 is 42.1 Å². The van der Waals surface area contributed by atoms with Crippen LogP contribution in [0.5, 0.6) is 17.2 Å². The molecule has 0 bridgehead atoms. The third-order valence-corrected chi connectivity index (χ3v) is 8.05. The maximum Gasteiger partial charge on any atom is 0.326 e. The van der Waals surface area contributed by atoms with Gasteiger partial charge in [-0.3, -0.25) is 4.79 Å².